The Morgan fingerprint density at radius 2 is 2.25 bits per heavy atom. The van der Waals surface area contributed by atoms with Crippen LogP contribution in [0.1, 0.15) is 26.2 Å². The monoisotopic (exact) mass is 171 g/mol. The topological polar surface area (TPSA) is 52.3 Å². The van der Waals surface area contributed by atoms with Crippen molar-refractivity contribution < 1.29 is 9.53 Å². The average Bonchev–Trinajstić information content (AvgIpc) is 2.00. The Balaban J connectivity index is 2.18. The molecule has 0 aromatic rings. The number of nitrogens with two attached hydrogens (primary N) is 1. The minimum Gasteiger partial charge on any atom is -0.468 e. The van der Waals surface area contributed by atoms with Gasteiger partial charge in [0.1, 0.15) is 6.04 Å². The van der Waals surface area contributed by atoms with Gasteiger partial charge in [-0.25, -0.2) is 0 Å². The van der Waals surface area contributed by atoms with E-state index in [0.29, 0.717) is 5.92 Å². The van der Waals surface area contributed by atoms with Gasteiger partial charge in [-0.2, -0.15) is 0 Å². The van der Waals surface area contributed by atoms with Gasteiger partial charge in [0.2, 0.25) is 0 Å². The van der Waals surface area contributed by atoms with E-state index in [-0.39, 0.29) is 5.97 Å². The van der Waals surface area contributed by atoms with E-state index in [2.05, 4.69) is 11.7 Å². The molecular formula is C9H17NO2. The number of carbonyl (C=O) groups is 1. The first kappa shape index (κ1) is 9.52. The third kappa shape index (κ3) is 2.21. The number of carbonyl (C=O) groups excluding carboxylic acids is 1. The Kier molecular flexibility index (Phi) is 3.09. The normalized spacial score (nSPS) is 30.6. The van der Waals surface area contributed by atoms with E-state index < -0.39 is 6.04 Å². The second-order valence-corrected chi connectivity index (χ2v) is 3.81. The molecule has 1 rings (SSSR count). The van der Waals surface area contributed by atoms with Gasteiger partial charge in [-0.15, -0.1) is 0 Å². The van der Waals surface area contributed by atoms with Crippen LogP contribution in [0.25, 0.3) is 0 Å². The van der Waals surface area contributed by atoms with Crippen LogP contribution < -0.4 is 5.73 Å². The molecule has 12 heavy (non-hydrogen) atoms. The van der Waals surface area contributed by atoms with E-state index in [1.54, 1.807) is 0 Å². The second-order valence-electron chi connectivity index (χ2n) is 3.81. The Morgan fingerprint density at radius 3 is 2.67 bits per heavy atom. The first-order valence-electron chi connectivity index (χ1n) is 4.47. The number of ether oxygens (including phenoxy) is 1. The van der Waals surface area contributed by atoms with Crippen molar-refractivity contribution in [3.63, 3.8) is 0 Å². The molecule has 0 radical (unpaired) electrons. The molecule has 0 aromatic carbocycles. The Morgan fingerprint density at radius 1 is 1.67 bits per heavy atom. The van der Waals surface area contributed by atoms with Gasteiger partial charge in [0.05, 0.1) is 7.11 Å². The van der Waals surface area contributed by atoms with Crippen LogP contribution in [-0.2, 0) is 9.53 Å². The second kappa shape index (κ2) is 3.90. The minimum absolute atomic E-state index is 0.283. The van der Waals surface area contributed by atoms with Gasteiger partial charge >= 0.3 is 5.97 Å². The quantitative estimate of drug-likeness (QED) is 0.642. The van der Waals surface area contributed by atoms with E-state index in [1.165, 1.54) is 20.0 Å². The van der Waals surface area contributed by atoms with Gasteiger partial charge in [0.25, 0.3) is 0 Å². The maximum atomic E-state index is 10.9. The van der Waals surface area contributed by atoms with Crippen molar-refractivity contribution in [3.8, 4) is 0 Å². The standard InChI is InChI=1S/C9H17NO2/c1-6-3-7(4-6)5-8(10)9(11)12-2/h6-8H,3-5,10H2,1-2H3. The molecule has 1 aliphatic rings. The van der Waals surface area contributed by atoms with Gasteiger partial charge in [0.15, 0.2) is 0 Å². The van der Waals surface area contributed by atoms with E-state index in [0.717, 1.165) is 12.3 Å². The summed E-state index contributed by atoms with van der Waals surface area (Å²) in [4.78, 5) is 10.9. The van der Waals surface area contributed by atoms with Gasteiger partial charge < -0.3 is 10.5 Å². The lowest BCUT2D eigenvalue weighted by Crippen LogP contribution is -2.36. The lowest BCUT2D eigenvalue weighted by molar-refractivity contribution is -0.142. The highest BCUT2D eigenvalue weighted by Crippen LogP contribution is 2.35. The van der Waals surface area contributed by atoms with Gasteiger partial charge in [-0.1, -0.05) is 6.92 Å². The van der Waals surface area contributed by atoms with Crippen LogP contribution in [0.3, 0.4) is 0 Å². The summed E-state index contributed by atoms with van der Waals surface area (Å²) in [5.74, 6) is 1.18. The highest BCUT2D eigenvalue weighted by molar-refractivity contribution is 5.75. The van der Waals surface area contributed by atoms with Crippen LogP contribution in [-0.4, -0.2) is 19.1 Å². The summed E-state index contributed by atoms with van der Waals surface area (Å²) in [5, 5.41) is 0. The van der Waals surface area contributed by atoms with Crippen molar-refractivity contribution >= 4 is 5.97 Å². The van der Waals surface area contributed by atoms with E-state index >= 15 is 0 Å². The van der Waals surface area contributed by atoms with Crippen molar-refractivity contribution in [1.29, 1.82) is 0 Å². The fraction of sp³-hybridized carbons (Fsp3) is 0.889. The van der Waals surface area contributed by atoms with E-state index in [9.17, 15) is 4.79 Å². The summed E-state index contributed by atoms with van der Waals surface area (Å²) in [6, 6.07) is -0.410. The Hall–Kier alpha value is -0.570. The number of esters is 1. The zero-order valence-electron chi connectivity index (χ0n) is 7.75. The van der Waals surface area contributed by atoms with Gasteiger partial charge in [-0.3, -0.25) is 4.79 Å². The average molecular weight is 171 g/mol. The van der Waals surface area contributed by atoms with Crippen molar-refractivity contribution in [1.82, 2.24) is 0 Å². The summed E-state index contributed by atoms with van der Waals surface area (Å²) in [5.41, 5.74) is 5.61. The van der Waals surface area contributed by atoms with Crippen LogP contribution in [0.2, 0.25) is 0 Å². The number of rotatable bonds is 3. The highest BCUT2D eigenvalue weighted by atomic mass is 16.5. The molecule has 1 fully saturated rings. The molecule has 1 aliphatic carbocycles. The number of hydrogen-bond donors (Lipinski definition) is 1. The summed E-state index contributed by atoms with van der Waals surface area (Å²) in [7, 11) is 1.38. The molecule has 3 heteroatoms. The molecule has 1 saturated carbocycles. The maximum Gasteiger partial charge on any atom is 0.322 e. The molecule has 1 atom stereocenters. The van der Waals surface area contributed by atoms with Gasteiger partial charge in [-0.05, 0) is 31.1 Å². The van der Waals surface area contributed by atoms with Crippen molar-refractivity contribution in [2.24, 2.45) is 17.6 Å². The third-order valence-corrected chi connectivity index (χ3v) is 2.56. The predicted molar refractivity (Wildman–Crippen MR) is 46.5 cm³/mol. The van der Waals surface area contributed by atoms with Crippen LogP contribution in [0.5, 0.6) is 0 Å². The van der Waals surface area contributed by atoms with Crippen LogP contribution in [0.15, 0.2) is 0 Å². The zero-order valence-corrected chi connectivity index (χ0v) is 7.75. The Bertz CT molecular complexity index is 164. The molecule has 0 heterocycles. The third-order valence-electron chi connectivity index (χ3n) is 2.56. The van der Waals surface area contributed by atoms with Crippen molar-refractivity contribution in [2.45, 2.75) is 32.2 Å². The molecule has 0 aromatic heterocycles. The molecule has 1 unspecified atom stereocenters. The SMILES string of the molecule is COC(=O)C(N)CC1CC(C)C1. The predicted octanol–water partition coefficient (Wildman–Crippen LogP) is 0.923. The van der Waals surface area contributed by atoms with Crippen LogP contribution in [0.4, 0.5) is 0 Å². The zero-order chi connectivity index (χ0) is 9.14. The summed E-state index contributed by atoms with van der Waals surface area (Å²) >= 11 is 0. The highest BCUT2D eigenvalue weighted by Gasteiger charge is 2.29. The molecule has 0 bridgehead atoms. The van der Waals surface area contributed by atoms with Crippen molar-refractivity contribution in [2.75, 3.05) is 7.11 Å². The van der Waals surface area contributed by atoms with Crippen LogP contribution >= 0.6 is 0 Å². The molecule has 0 saturated heterocycles. The molecule has 70 valence electrons. The molecule has 2 N–H and O–H groups in total. The summed E-state index contributed by atoms with van der Waals surface area (Å²) < 4.78 is 4.54. The molecule has 0 amide bonds. The smallest absolute Gasteiger partial charge is 0.322 e. The lowest BCUT2D eigenvalue weighted by atomic mass is 9.73. The minimum atomic E-state index is -0.410. The first-order chi connectivity index (χ1) is 5.63. The number of methoxy groups -OCH3 is 1. The summed E-state index contributed by atoms with van der Waals surface area (Å²) in [6.45, 7) is 2.22. The van der Waals surface area contributed by atoms with E-state index in [4.69, 9.17) is 5.73 Å². The molecular weight excluding hydrogens is 154 g/mol. The molecule has 0 spiro atoms. The first-order valence-corrected chi connectivity index (χ1v) is 4.47. The van der Waals surface area contributed by atoms with Gasteiger partial charge in [0, 0.05) is 0 Å². The molecule has 3 nitrogen and oxygen atoms in total. The summed E-state index contributed by atoms with van der Waals surface area (Å²) in [6.07, 6.45) is 3.21. The van der Waals surface area contributed by atoms with Crippen LogP contribution in [0, 0.1) is 11.8 Å². The fourth-order valence-electron chi connectivity index (χ4n) is 1.87. The lowest BCUT2D eigenvalue weighted by Gasteiger charge is -2.33. The molecule has 0 aliphatic heterocycles. The van der Waals surface area contributed by atoms with E-state index in [1.807, 2.05) is 0 Å². The fourth-order valence-corrected chi connectivity index (χ4v) is 1.87. The number of hydrogen-bond acceptors (Lipinski definition) is 3. The largest absolute Gasteiger partial charge is 0.468 e. The Labute approximate surface area is 73.3 Å². The maximum absolute atomic E-state index is 10.9. The van der Waals surface area contributed by atoms with Crippen molar-refractivity contribution in [3.05, 3.63) is 0 Å².